The van der Waals surface area contributed by atoms with Crippen LogP contribution in [0.4, 0.5) is 0 Å². The van der Waals surface area contributed by atoms with Crippen molar-refractivity contribution in [3.05, 3.63) is 30.1 Å². The molecule has 2 aromatic rings. The summed E-state index contributed by atoms with van der Waals surface area (Å²) in [7, 11) is 2.00. The first-order chi connectivity index (χ1) is 12.7. The molecule has 1 amide bonds. The van der Waals surface area contributed by atoms with Gasteiger partial charge >= 0.3 is 0 Å². The molecule has 144 valence electrons. The van der Waals surface area contributed by atoms with Crippen molar-refractivity contribution >= 4 is 16.9 Å². The summed E-state index contributed by atoms with van der Waals surface area (Å²) in [5, 5.41) is 12.3. The lowest BCUT2D eigenvalue weighted by Gasteiger charge is -2.16. The first kappa shape index (κ1) is 20.4. The first-order valence-corrected chi connectivity index (χ1v) is 9.75. The zero-order chi connectivity index (χ0) is 18.8. The van der Waals surface area contributed by atoms with Crippen molar-refractivity contribution in [2.45, 2.75) is 64.3 Å². The molecule has 1 heterocycles. The minimum absolute atomic E-state index is 0.380. The second-order valence-corrected chi connectivity index (χ2v) is 6.86. The fourth-order valence-electron chi connectivity index (χ4n) is 3.28. The number of carbonyl (C=O) groups is 1. The largest absolute Gasteiger partial charge is 0.331 e. The normalized spacial score (nSPS) is 12.4. The minimum Gasteiger partial charge on any atom is -0.331 e. The maximum atomic E-state index is 11.9. The first-order valence-electron chi connectivity index (χ1n) is 9.75. The molecule has 26 heavy (non-hydrogen) atoms. The Morgan fingerprint density at radius 3 is 2.65 bits per heavy atom. The number of rotatable bonds is 12. The van der Waals surface area contributed by atoms with E-state index in [9.17, 15) is 4.79 Å². The Balaban J connectivity index is 1.83. The average molecular weight is 361 g/mol. The summed E-state index contributed by atoms with van der Waals surface area (Å²) in [4.78, 5) is 16.6. The van der Waals surface area contributed by atoms with E-state index in [0.29, 0.717) is 12.8 Å². The predicted molar refractivity (Wildman–Crippen MR) is 104 cm³/mol. The van der Waals surface area contributed by atoms with Crippen LogP contribution in [0.2, 0.25) is 0 Å². The number of fused-ring (bicyclic) bond motifs is 1. The highest BCUT2D eigenvalue weighted by Gasteiger charge is 2.18. The van der Waals surface area contributed by atoms with Crippen molar-refractivity contribution in [3.63, 3.8) is 0 Å². The standard InChI is InChI=1S/C20H32N4O2/c1-3-4-5-6-7-10-15-21-17(20(25)23-26)13-14-19-22-16-11-8-9-12-18(16)24(19)2/h8-9,11-12,17,21,26H,3-7,10,13-15H2,1-2H3,(H,23,25). The van der Waals surface area contributed by atoms with Crippen molar-refractivity contribution in [3.8, 4) is 0 Å². The van der Waals surface area contributed by atoms with E-state index in [2.05, 4.69) is 21.8 Å². The van der Waals surface area contributed by atoms with Gasteiger partial charge in [-0.15, -0.1) is 0 Å². The number of hydrogen-bond acceptors (Lipinski definition) is 4. The monoisotopic (exact) mass is 360 g/mol. The molecule has 0 radical (unpaired) electrons. The molecule has 0 aliphatic rings. The van der Waals surface area contributed by atoms with Crippen LogP contribution in [0, 0.1) is 0 Å². The van der Waals surface area contributed by atoms with Crippen LogP contribution in [0.15, 0.2) is 24.3 Å². The van der Waals surface area contributed by atoms with Gasteiger partial charge in [-0.2, -0.15) is 0 Å². The van der Waals surface area contributed by atoms with E-state index in [1.54, 1.807) is 5.48 Å². The Bertz CT molecular complexity index is 684. The smallest absolute Gasteiger partial charge is 0.260 e. The van der Waals surface area contributed by atoms with E-state index >= 15 is 0 Å². The van der Waals surface area contributed by atoms with E-state index in [-0.39, 0.29) is 5.91 Å². The van der Waals surface area contributed by atoms with E-state index in [0.717, 1.165) is 29.8 Å². The second kappa shape index (κ2) is 10.9. The highest BCUT2D eigenvalue weighted by Crippen LogP contribution is 2.16. The van der Waals surface area contributed by atoms with Gasteiger partial charge in [0.1, 0.15) is 5.82 Å². The number of carbonyl (C=O) groups excluding carboxylic acids is 1. The number of hydroxylamine groups is 1. The summed E-state index contributed by atoms with van der Waals surface area (Å²) < 4.78 is 2.07. The van der Waals surface area contributed by atoms with Gasteiger partial charge in [0.15, 0.2) is 0 Å². The molecule has 1 atom stereocenters. The molecule has 3 N–H and O–H groups in total. The molecule has 6 heteroatoms. The molecule has 0 bridgehead atoms. The molecular weight excluding hydrogens is 328 g/mol. The molecule has 0 saturated carbocycles. The molecule has 0 spiro atoms. The van der Waals surface area contributed by atoms with Crippen molar-refractivity contribution in [1.29, 1.82) is 0 Å². The number of imidazole rings is 1. The van der Waals surface area contributed by atoms with Gasteiger partial charge < -0.3 is 9.88 Å². The molecule has 6 nitrogen and oxygen atoms in total. The van der Waals surface area contributed by atoms with Crippen LogP contribution in [0.3, 0.4) is 0 Å². The lowest BCUT2D eigenvalue weighted by molar-refractivity contribution is -0.131. The SMILES string of the molecule is CCCCCCCCNC(CCc1nc2ccccc2n1C)C(=O)NO. The number of aromatic nitrogens is 2. The second-order valence-electron chi connectivity index (χ2n) is 6.86. The Morgan fingerprint density at radius 1 is 1.19 bits per heavy atom. The van der Waals surface area contributed by atoms with Crippen molar-refractivity contribution in [2.24, 2.45) is 7.05 Å². The predicted octanol–water partition coefficient (Wildman–Crippen LogP) is 3.33. The molecule has 1 aromatic heterocycles. The Kier molecular flexibility index (Phi) is 8.58. The molecule has 0 aliphatic heterocycles. The third-order valence-electron chi connectivity index (χ3n) is 4.88. The lowest BCUT2D eigenvalue weighted by atomic mass is 10.1. The summed E-state index contributed by atoms with van der Waals surface area (Å²) in [5.74, 6) is 0.568. The highest BCUT2D eigenvalue weighted by molar-refractivity contribution is 5.80. The molecule has 0 aliphatic carbocycles. The van der Waals surface area contributed by atoms with E-state index < -0.39 is 6.04 Å². The lowest BCUT2D eigenvalue weighted by Crippen LogP contribution is -2.43. The summed E-state index contributed by atoms with van der Waals surface area (Å²) in [6.45, 7) is 3.00. The number of para-hydroxylation sites is 2. The van der Waals surface area contributed by atoms with Crippen LogP contribution in [0.5, 0.6) is 0 Å². The summed E-state index contributed by atoms with van der Waals surface area (Å²) >= 11 is 0. The molecule has 2 rings (SSSR count). The number of aryl methyl sites for hydroxylation is 2. The van der Waals surface area contributed by atoms with Crippen molar-refractivity contribution < 1.29 is 10.0 Å². The number of hydrogen-bond donors (Lipinski definition) is 3. The zero-order valence-corrected chi connectivity index (χ0v) is 16.0. The Hall–Kier alpha value is -1.92. The molecule has 1 unspecified atom stereocenters. The number of nitrogens with zero attached hydrogens (tertiary/aromatic N) is 2. The molecule has 1 aromatic carbocycles. The van der Waals surface area contributed by atoms with E-state index in [1.165, 1.54) is 32.1 Å². The van der Waals surface area contributed by atoms with Crippen LogP contribution < -0.4 is 10.8 Å². The van der Waals surface area contributed by atoms with E-state index in [4.69, 9.17) is 5.21 Å². The zero-order valence-electron chi connectivity index (χ0n) is 16.0. The van der Waals surface area contributed by atoms with Gasteiger partial charge in [-0.05, 0) is 31.5 Å². The third-order valence-corrected chi connectivity index (χ3v) is 4.88. The topological polar surface area (TPSA) is 79.2 Å². The van der Waals surface area contributed by atoms with Gasteiger partial charge in [0.2, 0.25) is 0 Å². The fraction of sp³-hybridized carbons (Fsp3) is 0.600. The quantitative estimate of drug-likeness (QED) is 0.308. The minimum atomic E-state index is -0.407. The molecular formula is C20H32N4O2. The summed E-state index contributed by atoms with van der Waals surface area (Å²) in [5.41, 5.74) is 3.84. The number of amides is 1. The van der Waals surface area contributed by atoms with Gasteiger partial charge in [0.25, 0.3) is 5.91 Å². The van der Waals surface area contributed by atoms with Gasteiger partial charge in [0, 0.05) is 13.5 Å². The number of nitrogens with one attached hydrogen (secondary N) is 2. The highest BCUT2D eigenvalue weighted by atomic mass is 16.5. The number of benzene rings is 1. The van der Waals surface area contributed by atoms with Gasteiger partial charge in [0.05, 0.1) is 17.1 Å². The van der Waals surface area contributed by atoms with Gasteiger partial charge in [-0.1, -0.05) is 51.2 Å². The van der Waals surface area contributed by atoms with Crippen molar-refractivity contribution in [2.75, 3.05) is 6.54 Å². The van der Waals surface area contributed by atoms with Crippen LogP contribution in [0.25, 0.3) is 11.0 Å². The van der Waals surface area contributed by atoms with Crippen LogP contribution in [0.1, 0.15) is 57.7 Å². The molecule has 0 saturated heterocycles. The maximum Gasteiger partial charge on any atom is 0.260 e. The third kappa shape index (κ3) is 5.81. The fourth-order valence-corrected chi connectivity index (χ4v) is 3.28. The van der Waals surface area contributed by atoms with Gasteiger partial charge in [-0.25, -0.2) is 10.5 Å². The Morgan fingerprint density at radius 2 is 1.92 bits per heavy atom. The van der Waals surface area contributed by atoms with Crippen LogP contribution in [-0.4, -0.2) is 33.3 Å². The van der Waals surface area contributed by atoms with Gasteiger partial charge in [-0.3, -0.25) is 10.0 Å². The Labute approximate surface area is 156 Å². The van der Waals surface area contributed by atoms with Crippen LogP contribution >= 0.6 is 0 Å². The summed E-state index contributed by atoms with van der Waals surface area (Å²) in [6.07, 6.45) is 8.55. The van der Waals surface area contributed by atoms with Crippen LogP contribution in [-0.2, 0) is 18.3 Å². The maximum absolute atomic E-state index is 11.9. The summed E-state index contributed by atoms with van der Waals surface area (Å²) in [6, 6.07) is 7.60. The van der Waals surface area contributed by atoms with E-state index in [1.807, 2.05) is 31.3 Å². The van der Waals surface area contributed by atoms with Crippen molar-refractivity contribution in [1.82, 2.24) is 20.3 Å². The molecule has 0 fully saturated rings. The average Bonchev–Trinajstić information content (AvgIpc) is 2.99. The number of unbranched alkanes of at least 4 members (excludes halogenated alkanes) is 5.